The molecule has 2 rings (SSSR count). The number of nitrogens with zero attached hydrogens (tertiary/aromatic N) is 2. The standard InChI is InChI=1S/C16H29N3S/c1-4-6-13-7-8-14(17-9-5-2)15(12-13)20-16-18-10-11-19(16)3/h10-11,13-15,17H,4-9,12H2,1-3H3. The maximum absolute atomic E-state index is 4.49. The fourth-order valence-corrected chi connectivity index (χ4v) is 4.56. The van der Waals surface area contributed by atoms with Gasteiger partial charge in [0, 0.05) is 30.7 Å². The number of nitrogens with one attached hydrogen (secondary N) is 1. The number of hydrogen-bond donors (Lipinski definition) is 1. The zero-order valence-electron chi connectivity index (χ0n) is 13.1. The van der Waals surface area contributed by atoms with Crippen LogP contribution >= 0.6 is 11.8 Å². The summed E-state index contributed by atoms with van der Waals surface area (Å²) < 4.78 is 2.14. The molecule has 20 heavy (non-hydrogen) atoms. The molecule has 0 spiro atoms. The Bertz CT molecular complexity index is 391. The molecule has 1 aliphatic rings. The first-order valence-corrected chi connectivity index (χ1v) is 8.99. The maximum Gasteiger partial charge on any atom is 0.167 e. The van der Waals surface area contributed by atoms with Crippen LogP contribution in [0, 0.1) is 5.92 Å². The number of rotatable bonds is 7. The van der Waals surface area contributed by atoms with Crippen LogP contribution in [0.1, 0.15) is 52.4 Å². The van der Waals surface area contributed by atoms with E-state index < -0.39 is 0 Å². The lowest BCUT2D eigenvalue weighted by atomic mass is 9.83. The quantitative estimate of drug-likeness (QED) is 0.828. The summed E-state index contributed by atoms with van der Waals surface area (Å²) in [5.74, 6) is 0.914. The lowest BCUT2D eigenvalue weighted by Crippen LogP contribution is -2.43. The second-order valence-corrected chi connectivity index (χ2v) is 7.21. The normalized spacial score (nSPS) is 26.9. The van der Waals surface area contributed by atoms with Gasteiger partial charge in [0.1, 0.15) is 0 Å². The summed E-state index contributed by atoms with van der Waals surface area (Å²) in [5, 5.41) is 5.59. The van der Waals surface area contributed by atoms with Crippen molar-refractivity contribution in [2.24, 2.45) is 13.0 Å². The summed E-state index contributed by atoms with van der Waals surface area (Å²) in [6.45, 7) is 5.69. The molecule has 0 bridgehead atoms. The van der Waals surface area contributed by atoms with E-state index in [1.165, 1.54) is 38.5 Å². The van der Waals surface area contributed by atoms with Crippen molar-refractivity contribution in [1.29, 1.82) is 0 Å². The van der Waals surface area contributed by atoms with Crippen LogP contribution in [-0.2, 0) is 7.05 Å². The van der Waals surface area contributed by atoms with Crippen LogP contribution in [0.3, 0.4) is 0 Å². The van der Waals surface area contributed by atoms with Crippen LogP contribution in [0.15, 0.2) is 17.6 Å². The highest BCUT2D eigenvalue weighted by Gasteiger charge is 2.31. The minimum absolute atomic E-state index is 0.657. The summed E-state index contributed by atoms with van der Waals surface area (Å²) in [4.78, 5) is 4.49. The van der Waals surface area contributed by atoms with Gasteiger partial charge >= 0.3 is 0 Å². The third-order valence-corrected chi connectivity index (χ3v) is 5.72. The second kappa shape index (κ2) is 8.08. The summed E-state index contributed by atoms with van der Waals surface area (Å²) in [7, 11) is 2.09. The molecule has 1 saturated carbocycles. The maximum atomic E-state index is 4.49. The average Bonchev–Trinajstić information content (AvgIpc) is 2.84. The van der Waals surface area contributed by atoms with E-state index in [1.54, 1.807) is 0 Å². The van der Waals surface area contributed by atoms with Crippen LogP contribution in [0.2, 0.25) is 0 Å². The first-order valence-electron chi connectivity index (χ1n) is 8.12. The van der Waals surface area contributed by atoms with Crippen molar-refractivity contribution >= 4 is 11.8 Å². The van der Waals surface area contributed by atoms with Crippen LogP contribution in [0.4, 0.5) is 0 Å². The van der Waals surface area contributed by atoms with Gasteiger partial charge in [-0.3, -0.25) is 0 Å². The van der Waals surface area contributed by atoms with Crippen molar-refractivity contribution in [3.8, 4) is 0 Å². The van der Waals surface area contributed by atoms with Gasteiger partial charge in [-0.05, 0) is 38.1 Å². The van der Waals surface area contributed by atoms with E-state index in [0.717, 1.165) is 17.6 Å². The van der Waals surface area contributed by atoms with E-state index in [-0.39, 0.29) is 0 Å². The van der Waals surface area contributed by atoms with Crippen LogP contribution in [0.25, 0.3) is 0 Å². The Kier molecular flexibility index (Phi) is 6.43. The molecule has 1 heterocycles. The molecule has 3 atom stereocenters. The Labute approximate surface area is 127 Å². The molecule has 1 fully saturated rings. The molecule has 0 saturated heterocycles. The highest BCUT2D eigenvalue weighted by molar-refractivity contribution is 7.99. The fraction of sp³-hybridized carbons (Fsp3) is 0.812. The van der Waals surface area contributed by atoms with Crippen LogP contribution in [0.5, 0.6) is 0 Å². The third-order valence-electron chi connectivity index (χ3n) is 4.29. The van der Waals surface area contributed by atoms with E-state index in [0.29, 0.717) is 11.3 Å². The SMILES string of the molecule is CCCNC1CCC(CCC)CC1Sc1nccn1C. The Morgan fingerprint density at radius 2 is 2.20 bits per heavy atom. The summed E-state index contributed by atoms with van der Waals surface area (Å²) in [6.07, 6.45) is 11.9. The highest BCUT2D eigenvalue weighted by Crippen LogP contribution is 2.37. The molecule has 1 aromatic heterocycles. The molecule has 114 valence electrons. The highest BCUT2D eigenvalue weighted by atomic mass is 32.2. The van der Waals surface area contributed by atoms with Gasteiger partial charge in [-0.25, -0.2) is 4.98 Å². The van der Waals surface area contributed by atoms with E-state index >= 15 is 0 Å². The van der Waals surface area contributed by atoms with Crippen molar-refractivity contribution < 1.29 is 0 Å². The third kappa shape index (κ3) is 4.26. The minimum atomic E-state index is 0.657. The van der Waals surface area contributed by atoms with Crippen molar-refractivity contribution in [3.63, 3.8) is 0 Å². The van der Waals surface area contributed by atoms with Gasteiger partial charge in [0.15, 0.2) is 5.16 Å². The average molecular weight is 295 g/mol. The first kappa shape index (κ1) is 15.9. The van der Waals surface area contributed by atoms with Crippen LogP contribution < -0.4 is 5.32 Å². The van der Waals surface area contributed by atoms with Crippen molar-refractivity contribution in [1.82, 2.24) is 14.9 Å². The summed E-state index contributed by atoms with van der Waals surface area (Å²) in [6, 6.07) is 0.657. The topological polar surface area (TPSA) is 29.9 Å². The zero-order chi connectivity index (χ0) is 14.4. The molecule has 0 amide bonds. The first-order chi connectivity index (χ1) is 9.74. The molecule has 0 aliphatic heterocycles. The lowest BCUT2D eigenvalue weighted by molar-refractivity contribution is 0.287. The Morgan fingerprint density at radius 1 is 1.35 bits per heavy atom. The lowest BCUT2D eigenvalue weighted by Gasteiger charge is -2.36. The Morgan fingerprint density at radius 3 is 2.85 bits per heavy atom. The molecule has 3 nitrogen and oxygen atoms in total. The van der Waals surface area contributed by atoms with E-state index in [1.807, 2.05) is 24.2 Å². The van der Waals surface area contributed by atoms with Gasteiger partial charge in [0.2, 0.25) is 0 Å². The van der Waals surface area contributed by atoms with Crippen LogP contribution in [-0.4, -0.2) is 27.4 Å². The van der Waals surface area contributed by atoms with E-state index in [2.05, 4.69) is 35.8 Å². The monoisotopic (exact) mass is 295 g/mol. The Hall–Kier alpha value is -0.480. The van der Waals surface area contributed by atoms with E-state index in [9.17, 15) is 0 Å². The predicted molar refractivity (Wildman–Crippen MR) is 87.2 cm³/mol. The fourth-order valence-electron chi connectivity index (χ4n) is 3.18. The minimum Gasteiger partial charge on any atom is -0.329 e. The molecule has 4 heteroatoms. The molecule has 1 aliphatic carbocycles. The summed E-state index contributed by atoms with van der Waals surface area (Å²) >= 11 is 1.98. The van der Waals surface area contributed by atoms with Gasteiger partial charge in [0.25, 0.3) is 0 Å². The Balaban J connectivity index is 1.99. The number of aromatic nitrogens is 2. The van der Waals surface area contributed by atoms with Crippen molar-refractivity contribution in [2.45, 2.75) is 68.8 Å². The van der Waals surface area contributed by atoms with Gasteiger partial charge in [-0.2, -0.15) is 0 Å². The van der Waals surface area contributed by atoms with Gasteiger partial charge in [-0.1, -0.05) is 38.5 Å². The molecule has 0 radical (unpaired) electrons. The number of aryl methyl sites for hydroxylation is 1. The van der Waals surface area contributed by atoms with Crippen molar-refractivity contribution in [2.75, 3.05) is 6.54 Å². The number of imidazole rings is 1. The molecular formula is C16H29N3S. The van der Waals surface area contributed by atoms with Crippen molar-refractivity contribution in [3.05, 3.63) is 12.4 Å². The molecular weight excluding hydrogens is 266 g/mol. The number of hydrogen-bond acceptors (Lipinski definition) is 3. The smallest absolute Gasteiger partial charge is 0.167 e. The second-order valence-electron chi connectivity index (χ2n) is 6.01. The van der Waals surface area contributed by atoms with Gasteiger partial charge < -0.3 is 9.88 Å². The molecule has 3 unspecified atom stereocenters. The largest absolute Gasteiger partial charge is 0.329 e. The predicted octanol–water partition coefficient (Wildman–Crippen LogP) is 3.85. The molecule has 1 N–H and O–H groups in total. The summed E-state index contributed by atoms with van der Waals surface area (Å²) in [5.41, 5.74) is 0. The van der Waals surface area contributed by atoms with E-state index in [4.69, 9.17) is 0 Å². The number of thioether (sulfide) groups is 1. The molecule has 0 aromatic carbocycles. The van der Waals surface area contributed by atoms with Gasteiger partial charge in [0.05, 0.1) is 0 Å². The van der Waals surface area contributed by atoms with Gasteiger partial charge in [-0.15, -0.1) is 0 Å². The molecule has 1 aromatic rings. The zero-order valence-corrected chi connectivity index (χ0v) is 14.0.